The monoisotopic (exact) mass is 301 g/mol. The molecule has 2 nitrogen and oxygen atoms in total. The lowest BCUT2D eigenvalue weighted by Crippen LogP contribution is -2.14. The molecule has 0 fully saturated rings. The lowest BCUT2D eigenvalue weighted by Gasteiger charge is -2.02. The predicted molar refractivity (Wildman–Crippen MR) is 90.1 cm³/mol. The number of fused-ring (bicyclic) bond motifs is 3. The first-order chi connectivity index (χ1) is 10.3. The van der Waals surface area contributed by atoms with Gasteiger partial charge in [-0.3, -0.25) is 0 Å². The van der Waals surface area contributed by atoms with Crippen molar-refractivity contribution in [3.05, 3.63) is 46.7 Å². The van der Waals surface area contributed by atoms with Gasteiger partial charge in [0.2, 0.25) is 0 Å². The molecule has 21 heavy (non-hydrogen) atoms. The molecule has 3 heteroatoms. The van der Waals surface area contributed by atoms with Crippen LogP contribution in [0, 0.1) is 0 Å². The van der Waals surface area contributed by atoms with Crippen LogP contribution in [0.15, 0.2) is 34.7 Å². The Morgan fingerprint density at radius 2 is 1.86 bits per heavy atom. The molecular formula is C18H20ClNO. The Balaban J connectivity index is 2.20. The molecule has 110 valence electrons. The fourth-order valence-corrected chi connectivity index (χ4v) is 3.16. The Bertz CT molecular complexity index is 776. The third-order valence-electron chi connectivity index (χ3n) is 3.90. The first kappa shape index (κ1) is 14.4. The summed E-state index contributed by atoms with van der Waals surface area (Å²) in [5, 5.41) is 7.51. The summed E-state index contributed by atoms with van der Waals surface area (Å²) in [4.78, 5) is 0. The topological polar surface area (TPSA) is 25.2 Å². The van der Waals surface area contributed by atoms with Crippen LogP contribution >= 0.6 is 11.6 Å². The average Bonchev–Trinajstić information content (AvgIpc) is 2.85. The maximum Gasteiger partial charge on any atom is 0.142 e. The molecule has 0 aliphatic rings. The molecule has 1 N–H and O–H groups in total. The van der Waals surface area contributed by atoms with E-state index in [1.165, 1.54) is 5.56 Å². The molecule has 0 aliphatic carbocycles. The summed E-state index contributed by atoms with van der Waals surface area (Å²) >= 11 is 6.44. The highest BCUT2D eigenvalue weighted by atomic mass is 35.5. The number of nitrogens with one attached hydrogen (secondary N) is 1. The van der Waals surface area contributed by atoms with Gasteiger partial charge in [0.1, 0.15) is 11.3 Å². The third-order valence-corrected chi connectivity index (χ3v) is 4.21. The highest BCUT2D eigenvalue weighted by Crippen LogP contribution is 2.36. The summed E-state index contributed by atoms with van der Waals surface area (Å²) in [6, 6.07) is 10.2. The molecule has 1 aromatic heterocycles. The van der Waals surface area contributed by atoms with Crippen LogP contribution < -0.4 is 5.32 Å². The van der Waals surface area contributed by atoms with Gasteiger partial charge in [0.15, 0.2) is 0 Å². The quantitative estimate of drug-likeness (QED) is 0.647. The van der Waals surface area contributed by atoms with Crippen LogP contribution in [0.25, 0.3) is 21.7 Å². The van der Waals surface area contributed by atoms with Crippen LogP contribution in [-0.4, -0.2) is 6.54 Å². The smallest absolute Gasteiger partial charge is 0.142 e. The number of rotatable bonds is 5. The largest absolute Gasteiger partial charge is 0.459 e. The van der Waals surface area contributed by atoms with Gasteiger partial charge in [-0.15, -0.1) is 0 Å². The van der Waals surface area contributed by atoms with Crippen molar-refractivity contribution in [3.8, 4) is 0 Å². The zero-order chi connectivity index (χ0) is 14.8. The van der Waals surface area contributed by atoms with Crippen molar-refractivity contribution in [2.24, 2.45) is 0 Å². The van der Waals surface area contributed by atoms with Crippen molar-refractivity contribution in [1.29, 1.82) is 0 Å². The highest BCUT2D eigenvalue weighted by Gasteiger charge is 2.16. The SMILES string of the molecule is CCCNCc1oc2c(cc(Cl)c3ccccc32)c1CC. The minimum absolute atomic E-state index is 0.775. The van der Waals surface area contributed by atoms with Crippen molar-refractivity contribution < 1.29 is 4.42 Å². The predicted octanol–water partition coefficient (Wildman–Crippen LogP) is 5.30. The van der Waals surface area contributed by atoms with Gasteiger partial charge in [-0.25, -0.2) is 0 Å². The van der Waals surface area contributed by atoms with Crippen molar-refractivity contribution in [3.63, 3.8) is 0 Å². The van der Waals surface area contributed by atoms with Gasteiger partial charge in [-0.2, -0.15) is 0 Å². The molecule has 0 amide bonds. The Morgan fingerprint density at radius 1 is 1.10 bits per heavy atom. The van der Waals surface area contributed by atoms with Gasteiger partial charge in [0.05, 0.1) is 6.54 Å². The molecule has 0 unspecified atom stereocenters. The number of hydrogen-bond donors (Lipinski definition) is 1. The zero-order valence-electron chi connectivity index (χ0n) is 12.5. The Kier molecular flexibility index (Phi) is 4.18. The summed E-state index contributed by atoms with van der Waals surface area (Å²) in [6.07, 6.45) is 2.07. The standard InChI is InChI=1S/C18H20ClNO/c1-3-9-20-11-17-12(4-2)15-10-16(19)13-7-5-6-8-14(13)18(15)21-17/h5-8,10,20H,3-4,9,11H2,1-2H3. The van der Waals surface area contributed by atoms with Gasteiger partial charge in [0.25, 0.3) is 0 Å². The lowest BCUT2D eigenvalue weighted by molar-refractivity contribution is 0.509. The van der Waals surface area contributed by atoms with E-state index < -0.39 is 0 Å². The minimum Gasteiger partial charge on any atom is -0.459 e. The summed E-state index contributed by atoms with van der Waals surface area (Å²) in [5.74, 6) is 1.04. The van der Waals surface area contributed by atoms with Gasteiger partial charge < -0.3 is 9.73 Å². The summed E-state index contributed by atoms with van der Waals surface area (Å²) in [7, 11) is 0. The van der Waals surface area contributed by atoms with Crippen molar-refractivity contribution in [2.75, 3.05) is 6.54 Å². The molecule has 0 saturated heterocycles. The van der Waals surface area contributed by atoms with E-state index in [0.29, 0.717) is 0 Å². The third kappa shape index (κ3) is 2.54. The number of benzene rings is 2. The maximum absolute atomic E-state index is 6.44. The first-order valence-corrected chi connectivity index (χ1v) is 7.96. The first-order valence-electron chi connectivity index (χ1n) is 7.58. The van der Waals surface area contributed by atoms with Gasteiger partial charge in [-0.05, 0) is 25.5 Å². The Hall–Kier alpha value is -1.51. The van der Waals surface area contributed by atoms with Gasteiger partial charge in [-0.1, -0.05) is 49.7 Å². The molecular weight excluding hydrogens is 282 g/mol. The minimum atomic E-state index is 0.775. The van der Waals surface area contributed by atoms with E-state index in [1.807, 2.05) is 24.3 Å². The van der Waals surface area contributed by atoms with Crippen LogP contribution in [0.5, 0.6) is 0 Å². The van der Waals surface area contributed by atoms with Crippen LogP contribution in [0.4, 0.5) is 0 Å². The van der Waals surface area contributed by atoms with Crippen LogP contribution in [0.2, 0.25) is 5.02 Å². The molecule has 0 saturated carbocycles. The van der Waals surface area contributed by atoms with Crippen molar-refractivity contribution in [1.82, 2.24) is 5.32 Å². The lowest BCUT2D eigenvalue weighted by atomic mass is 10.0. The molecule has 0 bridgehead atoms. The molecule has 3 rings (SSSR count). The van der Waals surface area contributed by atoms with Gasteiger partial charge >= 0.3 is 0 Å². The fraction of sp³-hybridized carbons (Fsp3) is 0.333. The molecule has 2 aromatic carbocycles. The van der Waals surface area contributed by atoms with E-state index in [0.717, 1.165) is 58.5 Å². The molecule has 3 aromatic rings. The Morgan fingerprint density at radius 3 is 2.57 bits per heavy atom. The molecule has 0 aliphatic heterocycles. The van der Waals surface area contributed by atoms with E-state index >= 15 is 0 Å². The van der Waals surface area contributed by atoms with E-state index in [9.17, 15) is 0 Å². The fourth-order valence-electron chi connectivity index (χ4n) is 2.88. The number of furan rings is 1. The summed E-state index contributed by atoms with van der Waals surface area (Å²) < 4.78 is 6.18. The van der Waals surface area contributed by atoms with Crippen molar-refractivity contribution in [2.45, 2.75) is 33.2 Å². The summed E-state index contributed by atoms with van der Waals surface area (Å²) in [5.41, 5.74) is 2.22. The van der Waals surface area contributed by atoms with E-state index in [-0.39, 0.29) is 0 Å². The Labute approximate surface area is 130 Å². The number of hydrogen-bond acceptors (Lipinski definition) is 2. The van der Waals surface area contributed by atoms with Crippen LogP contribution in [0.3, 0.4) is 0 Å². The van der Waals surface area contributed by atoms with E-state index in [1.54, 1.807) is 0 Å². The molecule has 0 spiro atoms. The average molecular weight is 302 g/mol. The normalized spacial score (nSPS) is 11.6. The maximum atomic E-state index is 6.44. The van der Waals surface area contributed by atoms with Crippen LogP contribution in [-0.2, 0) is 13.0 Å². The van der Waals surface area contributed by atoms with E-state index in [2.05, 4.69) is 25.2 Å². The molecule has 0 radical (unpaired) electrons. The number of halogens is 1. The number of aryl methyl sites for hydroxylation is 1. The van der Waals surface area contributed by atoms with Crippen LogP contribution in [0.1, 0.15) is 31.6 Å². The van der Waals surface area contributed by atoms with E-state index in [4.69, 9.17) is 16.0 Å². The second-order valence-electron chi connectivity index (χ2n) is 5.31. The highest BCUT2D eigenvalue weighted by molar-refractivity contribution is 6.37. The molecule has 0 atom stereocenters. The summed E-state index contributed by atoms with van der Waals surface area (Å²) in [6.45, 7) is 6.11. The molecule has 1 heterocycles. The second kappa shape index (κ2) is 6.08. The zero-order valence-corrected chi connectivity index (χ0v) is 13.3. The van der Waals surface area contributed by atoms with Gasteiger partial charge in [0, 0.05) is 26.7 Å². The van der Waals surface area contributed by atoms with Crippen molar-refractivity contribution >= 4 is 33.3 Å². The second-order valence-corrected chi connectivity index (χ2v) is 5.72.